The van der Waals surface area contributed by atoms with Gasteiger partial charge in [-0.15, -0.1) is 0 Å². The second-order valence-electron chi connectivity index (χ2n) is 3.65. The average molecular weight is 255 g/mol. The molecule has 0 N–H and O–H groups in total. The lowest BCUT2D eigenvalue weighted by molar-refractivity contribution is -0.182. The maximum Gasteiger partial charge on any atom is 0.430 e. The van der Waals surface area contributed by atoms with Crippen LogP contribution in [0.4, 0.5) is 13.2 Å². The standard InChI is InChI=1S/C12H8F3NO2/c1-17-9-3-2-7-4-8(6-16)11(12(13,14)15)18-10(7)5-9/h2-5,11H,1H3/t11-/m1/s1. The van der Waals surface area contributed by atoms with Crippen molar-refractivity contribution in [2.24, 2.45) is 0 Å². The molecule has 18 heavy (non-hydrogen) atoms. The Bertz CT molecular complexity index is 543. The van der Waals surface area contributed by atoms with E-state index in [1.54, 1.807) is 6.07 Å². The van der Waals surface area contributed by atoms with Crippen molar-refractivity contribution in [1.82, 2.24) is 0 Å². The molecule has 1 aromatic rings. The second-order valence-corrected chi connectivity index (χ2v) is 3.65. The summed E-state index contributed by atoms with van der Waals surface area (Å²) in [5, 5.41) is 8.73. The number of hydrogen-bond donors (Lipinski definition) is 0. The van der Waals surface area contributed by atoms with Crippen molar-refractivity contribution in [3.63, 3.8) is 0 Å². The lowest BCUT2D eigenvalue weighted by Gasteiger charge is -2.26. The molecule has 1 heterocycles. The first-order chi connectivity index (χ1) is 8.45. The Morgan fingerprint density at radius 2 is 2.11 bits per heavy atom. The monoisotopic (exact) mass is 255 g/mol. The number of methoxy groups -OCH3 is 1. The maximum atomic E-state index is 12.7. The topological polar surface area (TPSA) is 42.2 Å². The van der Waals surface area contributed by atoms with Crippen LogP contribution in [0.1, 0.15) is 5.56 Å². The van der Waals surface area contributed by atoms with Crippen molar-refractivity contribution >= 4 is 6.08 Å². The Morgan fingerprint density at radius 3 is 2.67 bits per heavy atom. The zero-order valence-electron chi connectivity index (χ0n) is 9.28. The summed E-state index contributed by atoms with van der Waals surface area (Å²) in [5.41, 5.74) is -0.0342. The molecule has 0 aliphatic carbocycles. The van der Waals surface area contributed by atoms with Crippen LogP contribution in [0.2, 0.25) is 0 Å². The highest BCUT2D eigenvalue weighted by Gasteiger charge is 2.46. The largest absolute Gasteiger partial charge is 0.497 e. The number of nitriles is 1. The molecule has 1 aliphatic rings. The van der Waals surface area contributed by atoms with Gasteiger partial charge in [0.1, 0.15) is 11.5 Å². The minimum atomic E-state index is -4.62. The predicted molar refractivity (Wildman–Crippen MR) is 57.1 cm³/mol. The van der Waals surface area contributed by atoms with E-state index in [-0.39, 0.29) is 5.75 Å². The van der Waals surface area contributed by atoms with Gasteiger partial charge >= 0.3 is 6.18 Å². The molecule has 1 atom stereocenters. The van der Waals surface area contributed by atoms with Crippen LogP contribution in [-0.4, -0.2) is 19.4 Å². The van der Waals surface area contributed by atoms with Gasteiger partial charge in [-0.1, -0.05) is 0 Å². The van der Waals surface area contributed by atoms with Crippen molar-refractivity contribution in [3.8, 4) is 17.6 Å². The molecule has 0 radical (unpaired) electrons. The molecule has 0 aromatic heterocycles. The van der Waals surface area contributed by atoms with Crippen LogP contribution in [0.5, 0.6) is 11.5 Å². The van der Waals surface area contributed by atoms with Crippen molar-refractivity contribution in [2.75, 3.05) is 7.11 Å². The number of fused-ring (bicyclic) bond motifs is 1. The van der Waals surface area contributed by atoms with E-state index in [9.17, 15) is 13.2 Å². The number of rotatable bonds is 1. The fourth-order valence-corrected chi connectivity index (χ4v) is 1.63. The average Bonchev–Trinajstić information content (AvgIpc) is 2.35. The van der Waals surface area contributed by atoms with Gasteiger partial charge < -0.3 is 9.47 Å². The van der Waals surface area contributed by atoms with Crippen LogP contribution in [0, 0.1) is 11.3 Å². The predicted octanol–water partition coefficient (Wildman–Crippen LogP) is 2.93. The summed E-state index contributed by atoms with van der Waals surface area (Å²) in [5.74, 6) is 0.444. The fraction of sp³-hybridized carbons (Fsp3) is 0.250. The van der Waals surface area contributed by atoms with Crippen molar-refractivity contribution < 1.29 is 22.6 Å². The van der Waals surface area contributed by atoms with Crippen molar-refractivity contribution in [2.45, 2.75) is 12.3 Å². The van der Waals surface area contributed by atoms with Gasteiger partial charge in [-0.3, -0.25) is 0 Å². The van der Waals surface area contributed by atoms with Gasteiger partial charge in [0.25, 0.3) is 0 Å². The quantitative estimate of drug-likeness (QED) is 0.774. The van der Waals surface area contributed by atoms with Crippen LogP contribution in [0.25, 0.3) is 6.08 Å². The zero-order valence-corrected chi connectivity index (χ0v) is 9.28. The van der Waals surface area contributed by atoms with Crippen LogP contribution < -0.4 is 9.47 Å². The molecule has 0 bridgehead atoms. The summed E-state index contributed by atoms with van der Waals surface area (Å²) in [4.78, 5) is 0. The summed E-state index contributed by atoms with van der Waals surface area (Å²) in [6.45, 7) is 0. The Morgan fingerprint density at radius 1 is 1.39 bits per heavy atom. The maximum absolute atomic E-state index is 12.7. The fourth-order valence-electron chi connectivity index (χ4n) is 1.63. The van der Waals surface area contributed by atoms with E-state index in [2.05, 4.69) is 0 Å². The molecule has 0 amide bonds. The molecular formula is C12H8F3NO2. The Labute approximate surface area is 101 Å². The highest BCUT2D eigenvalue weighted by Crippen LogP contribution is 2.38. The lowest BCUT2D eigenvalue weighted by Crippen LogP contribution is -2.37. The minimum absolute atomic E-state index is 0.0516. The SMILES string of the molecule is COc1ccc2c(c1)O[C@@H](C(F)(F)F)C(C#N)=C2. The number of benzene rings is 1. The van der Waals surface area contributed by atoms with Gasteiger partial charge in [0.15, 0.2) is 0 Å². The number of ether oxygens (including phenoxy) is 2. The minimum Gasteiger partial charge on any atom is -0.497 e. The van der Waals surface area contributed by atoms with E-state index in [0.29, 0.717) is 11.3 Å². The van der Waals surface area contributed by atoms with Crippen LogP contribution in [-0.2, 0) is 0 Å². The third kappa shape index (κ3) is 2.12. The van der Waals surface area contributed by atoms with Gasteiger partial charge in [0.05, 0.1) is 18.8 Å². The molecule has 0 unspecified atom stereocenters. The van der Waals surface area contributed by atoms with E-state index >= 15 is 0 Å². The summed E-state index contributed by atoms with van der Waals surface area (Å²) < 4.78 is 47.9. The molecule has 2 rings (SSSR count). The number of halogens is 3. The molecule has 1 aromatic carbocycles. The Balaban J connectivity index is 2.47. The van der Waals surface area contributed by atoms with Crippen molar-refractivity contribution in [1.29, 1.82) is 5.26 Å². The molecule has 0 fully saturated rings. The van der Waals surface area contributed by atoms with Crippen molar-refractivity contribution in [3.05, 3.63) is 29.3 Å². The molecule has 6 heteroatoms. The number of alkyl halides is 3. The van der Waals surface area contributed by atoms with Gasteiger partial charge in [-0.05, 0) is 18.2 Å². The Hall–Kier alpha value is -2.16. The summed E-state index contributed by atoms with van der Waals surface area (Å²) in [7, 11) is 1.41. The Kier molecular flexibility index (Phi) is 2.91. The third-order valence-electron chi connectivity index (χ3n) is 2.49. The van der Waals surface area contributed by atoms with Crippen LogP contribution in [0.3, 0.4) is 0 Å². The lowest BCUT2D eigenvalue weighted by atomic mass is 10.0. The molecular weight excluding hydrogens is 247 g/mol. The first-order valence-electron chi connectivity index (χ1n) is 4.99. The molecule has 94 valence electrons. The van der Waals surface area contributed by atoms with Gasteiger partial charge in [-0.2, -0.15) is 18.4 Å². The molecule has 0 saturated heterocycles. The summed E-state index contributed by atoms with van der Waals surface area (Å²) in [6, 6.07) is 6.00. The van der Waals surface area contributed by atoms with E-state index < -0.39 is 17.9 Å². The second kappa shape index (κ2) is 4.26. The molecule has 0 spiro atoms. The molecule has 3 nitrogen and oxygen atoms in total. The van der Waals surface area contributed by atoms with E-state index in [4.69, 9.17) is 14.7 Å². The highest BCUT2D eigenvalue weighted by atomic mass is 19.4. The third-order valence-corrected chi connectivity index (χ3v) is 2.49. The number of nitrogens with zero attached hydrogens (tertiary/aromatic N) is 1. The van der Waals surface area contributed by atoms with E-state index in [1.165, 1.54) is 31.4 Å². The summed E-state index contributed by atoms with van der Waals surface area (Å²) in [6.07, 6.45) is -5.67. The van der Waals surface area contributed by atoms with E-state index in [0.717, 1.165) is 0 Å². The normalized spacial score (nSPS) is 18.2. The van der Waals surface area contributed by atoms with Gasteiger partial charge in [0, 0.05) is 11.6 Å². The van der Waals surface area contributed by atoms with E-state index in [1.807, 2.05) is 0 Å². The van der Waals surface area contributed by atoms with Gasteiger partial charge in [-0.25, -0.2) is 0 Å². The molecule has 0 saturated carbocycles. The first-order valence-corrected chi connectivity index (χ1v) is 4.99. The number of hydrogen-bond acceptors (Lipinski definition) is 3. The smallest absolute Gasteiger partial charge is 0.430 e. The highest BCUT2D eigenvalue weighted by molar-refractivity contribution is 5.67. The van der Waals surface area contributed by atoms with Crippen LogP contribution in [0.15, 0.2) is 23.8 Å². The zero-order chi connectivity index (χ0) is 13.3. The molecule has 1 aliphatic heterocycles. The summed E-state index contributed by atoms with van der Waals surface area (Å²) >= 11 is 0. The van der Waals surface area contributed by atoms with Gasteiger partial charge in [0.2, 0.25) is 6.10 Å². The first kappa shape index (κ1) is 12.3. The van der Waals surface area contributed by atoms with Crippen LogP contribution >= 0.6 is 0 Å².